The minimum atomic E-state index is -1.08. The Morgan fingerprint density at radius 1 is 1.20 bits per heavy atom. The molecule has 0 aliphatic carbocycles. The van der Waals surface area contributed by atoms with Crippen molar-refractivity contribution in [1.82, 2.24) is 0 Å². The lowest BCUT2D eigenvalue weighted by atomic mass is 10.2. The molecule has 2 aromatic rings. The number of benzene rings is 2. The van der Waals surface area contributed by atoms with Crippen molar-refractivity contribution in [2.24, 2.45) is 0 Å². The second kappa shape index (κ2) is 6.03. The predicted octanol–water partition coefficient (Wildman–Crippen LogP) is 3.85. The number of ether oxygens (including phenoxy) is 1. The zero-order valence-corrected chi connectivity index (χ0v) is 11.8. The molecule has 2 aromatic carbocycles. The molecule has 0 saturated carbocycles. The molecular formula is C14H11Cl2NO3. The summed E-state index contributed by atoms with van der Waals surface area (Å²) in [6, 6.07) is 9.48. The first-order valence-corrected chi connectivity index (χ1v) is 6.42. The Labute approximate surface area is 125 Å². The van der Waals surface area contributed by atoms with E-state index in [9.17, 15) is 4.79 Å². The van der Waals surface area contributed by atoms with Crippen LogP contribution in [0.1, 0.15) is 15.9 Å². The molecule has 20 heavy (non-hydrogen) atoms. The molecule has 0 heterocycles. The molecule has 0 radical (unpaired) electrons. The number of anilines is 1. The van der Waals surface area contributed by atoms with Crippen LogP contribution in [-0.4, -0.2) is 11.1 Å². The van der Waals surface area contributed by atoms with Crippen LogP contribution in [0.3, 0.4) is 0 Å². The van der Waals surface area contributed by atoms with Crippen LogP contribution in [0.5, 0.6) is 5.75 Å². The van der Waals surface area contributed by atoms with E-state index in [1.165, 1.54) is 18.2 Å². The molecule has 4 nitrogen and oxygen atoms in total. The van der Waals surface area contributed by atoms with E-state index >= 15 is 0 Å². The van der Waals surface area contributed by atoms with Crippen molar-refractivity contribution in [3.63, 3.8) is 0 Å². The third kappa shape index (κ3) is 3.35. The Hall–Kier alpha value is -1.91. The van der Waals surface area contributed by atoms with E-state index in [0.717, 1.165) is 5.56 Å². The standard InChI is InChI=1S/C14H11Cl2NO3/c15-9-1-4-12(16)8(5-9)7-20-10-2-3-11(14(18)19)13(17)6-10/h1-6H,7,17H2,(H,18,19). The van der Waals surface area contributed by atoms with Crippen LogP contribution in [0.15, 0.2) is 36.4 Å². The number of halogens is 2. The minimum absolute atomic E-state index is 0.0399. The van der Waals surface area contributed by atoms with E-state index in [1.54, 1.807) is 18.2 Å². The highest BCUT2D eigenvalue weighted by Crippen LogP contribution is 2.24. The molecule has 0 spiro atoms. The zero-order valence-electron chi connectivity index (χ0n) is 10.3. The number of nitrogens with two attached hydrogens (primary N) is 1. The van der Waals surface area contributed by atoms with Gasteiger partial charge < -0.3 is 15.6 Å². The van der Waals surface area contributed by atoms with Gasteiger partial charge in [-0.3, -0.25) is 0 Å². The third-order valence-electron chi connectivity index (χ3n) is 2.66. The third-order valence-corrected chi connectivity index (χ3v) is 3.26. The second-order valence-corrected chi connectivity index (χ2v) is 4.92. The Morgan fingerprint density at radius 3 is 2.60 bits per heavy atom. The van der Waals surface area contributed by atoms with E-state index in [4.69, 9.17) is 38.8 Å². The number of hydrogen-bond donors (Lipinski definition) is 2. The van der Waals surface area contributed by atoms with E-state index in [0.29, 0.717) is 15.8 Å². The van der Waals surface area contributed by atoms with Crippen LogP contribution in [-0.2, 0) is 6.61 Å². The maximum Gasteiger partial charge on any atom is 0.337 e. The van der Waals surface area contributed by atoms with Gasteiger partial charge in [-0.05, 0) is 30.3 Å². The molecule has 0 fully saturated rings. The Bertz CT molecular complexity index is 659. The van der Waals surface area contributed by atoms with Crippen molar-refractivity contribution >= 4 is 34.9 Å². The molecule has 104 valence electrons. The Balaban J connectivity index is 2.13. The topological polar surface area (TPSA) is 72.5 Å². The van der Waals surface area contributed by atoms with Crippen LogP contribution in [0.4, 0.5) is 5.69 Å². The van der Waals surface area contributed by atoms with E-state index < -0.39 is 5.97 Å². The summed E-state index contributed by atoms with van der Waals surface area (Å²) in [5.41, 5.74) is 6.56. The normalized spacial score (nSPS) is 10.3. The highest BCUT2D eigenvalue weighted by molar-refractivity contribution is 6.33. The van der Waals surface area contributed by atoms with E-state index in [2.05, 4.69) is 0 Å². The fourth-order valence-corrected chi connectivity index (χ4v) is 2.01. The highest BCUT2D eigenvalue weighted by atomic mass is 35.5. The van der Waals surface area contributed by atoms with Gasteiger partial charge in [0.25, 0.3) is 0 Å². The lowest BCUT2D eigenvalue weighted by Gasteiger charge is -2.09. The van der Waals surface area contributed by atoms with Gasteiger partial charge in [-0.1, -0.05) is 23.2 Å². The van der Waals surface area contributed by atoms with Crippen LogP contribution in [0.25, 0.3) is 0 Å². The zero-order chi connectivity index (χ0) is 14.7. The minimum Gasteiger partial charge on any atom is -0.489 e. The smallest absolute Gasteiger partial charge is 0.337 e. The molecule has 0 saturated heterocycles. The van der Waals surface area contributed by atoms with Gasteiger partial charge in [-0.2, -0.15) is 0 Å². The summed E-state index contributed by atoms with van der Waals surface area (Å²) >= 11 is 11.9. The summed E-state index contributed by atoms with van der Waals surface area (Å²) in [6.07, 6.45) is 0. The van der Waals surface area contributed by atoms with Crippen LogP contribution in [0.2, 0.25) is 10.0 Å². The molecule has 2 rings (SSSR count). The molecule has 0 aromatic heterocycles. The Morgan fingerprint density at radius 2 is 1.95 bits per heavy atom. The van der Waals surface area contributed by atoms with Crippen LogP contribution < -0.4 is 10.5 Å². The first kappa shape index (κ1) is 14.5. The summed E-state index contributed by atoms with van der Waals surface area (Å²) in [6.45, 7) is 0.214. The first-order valence-electron chi connectivity index (χ1n) is 5.67. The second-order valence-electron chi connectivity index (χ2n) is 4.08. The molecule has 3 N–H and O–H groups in total. The van der Waals surface area contributed by atoms with Crippen molar-refractivity contribution < 1.29 is 14.6 Å². The van der Waals surface area contributed by atoms with Crippen LogP contribution >= 0.6 is 23.2 Å². The van der Waals surface area contributed by atoms with Crippen molar-refractivity contribution in [2.45, 2.75) is 6.61 Å². The van der Waals surface area contributed by atoms with Gasteiger partial charge in [0.05, 0.1) is 5.56 Å². The molecule has 0 aliphatic rings. The number of carboxylic acid groups (broad SMARTS) is 1. The molecule has 0 unspecified atom stereocenters. The van der Waals surface area contributed by atoms with Gasteiger partial charge in [0.15, 0.2) is 0 Å². The van der Waals surface area contributed by atoms with Crippen molar-refractivity contribution in [2.75, 3.05) is 5.73 Å². The van der Waals surface area contributed by atoms with Gasteiger partial charge in [-0.15, -0.1) is 0 Å². The van der Waals surface area contributed by atoms with E-state index in [1.807, 2.05) is 0 Å². The summed E-state index contributed by atoms with van der Waals surface area (Å²) in [7, 11) is 0. The molecule has 6 heteroatoms. The fraction of sp³-hybridized carbons (Fsp3) is 0.0714. The highest BCUT2D eigenvalue weighted by Gasteiger charge is 2.09. The summed E-state index contributed by atoms with van der Waals surface area (Å²) in [5.74, 6) is -0.615. The van der Waals surface area contributed by atoms with Crippen LogP contribution in [0, 0.1) is 0 Å². The Kier molecular flexibility index (Phi) is 4.37. The van der Waals surface area contributed by atoms with Crippen molar-refractivity contribution in [1.29, 1.82) is 0 Å². The van der Waals surface area contributed by atoms with Gasteiger partial charge in [0.1, 0.15) is 12.4 Å². The molecule has 0 atom stereocenters. The lowest BCUT2D eigenvalue weighted by molar-refractivity contribution is 0.0698. The number of rotatable bonds is 4. The number of carboxylic acids is 1. The molecule has 0 amide bonds. The average Bonchev–Trinajstić information content (AvgIpc) is 2.39. The number of aromatic carboxylic acids is 1. The van der Waals surface area contributed by atoms with Crippen molar-refractivity contribution in [3.05, 3.63) is 57.6 Å². The van der Waals surface area contributed by atoms with Gasteiger partial charge in [-0.25, -0.2) is 4.79 Å². The van der Waals surface area contributed by atoms with Crippen molar-refractivity contribution in [3.8, 4) is 5.75 Å². The van der Waals surface area contributed by atoms with Gasteiger partial charge in [0.2, 0.25) is 0 Å². The molecule has 0 bridgehead atoms. The number of carbonyl (C=O) groups is 1. The van der Waals surface area contributed by atoms with Gasteiger partial charge in [0, 0.05) is 27.4 Å². The van der Waals surface area contributed by atoms with Gasteiger partial charge >= 0.3 is 5.97 Å². The summed E-state index contributed by atoms with van der Waals surface area (Å²) < 4.78 is 5.53. The SMILES string of the molecule is Nc1cc(OCc2cc(Cl)ccc2Cl)ccc1C(=O)O. The maximum absolute atomic E-state index is 10.8. The predicted molar refractivity (Wildman–Crippen MR) is 78.6 cm³/mol. The summed E-state index contributed by atoms with van der Waals surface area (Å²) in [4.78, 5) is 10.8. The largest absolute Gasteiger partial charge is 0.489 e. The first-order chi connectivity index (χ1) is 9.47. The number of nitrogen functional groups attached to an aromatic ring is 1. The monoisotopic (exact) mass is 311 g/mol. The average molecular weight is 312 g/mol. The summed E-state index contributed by atoms with van der Waals surface area (Å²) in [5, 5.41) is 9.99. The maximum atomic E-state index is 10.8. The lowest BCUT2D eigenvalue weighted by Crippen LogP contribution is -2.03. The quantitative estimate of drug-likeness (QED) is 0.841. The molecule has 0 aliphatic heterocycles. The fourth-order valence-electron chi connectivity index (χ4n) is 1.64. The van der Waals surface area contributed by atoms with E-state index in [-0.39, 0.29) is 17.9 Å². The molecular weight excluding hydrogens is 301 g/mol. The number of hydrogen-bond acceptors (Lipinski definition) is 3.